The van der Waals surface area contributed by atoms with Crippen molar-refractivity contribution >= 4 is 90.4 Å². The summed E-state index contributed by atoms with van der Waals surface area (Å²) in [6.07, 6.45) is 0. The van der Waals surface area contributed by atoms with Gasteiger partial charge in [0.25, 0.3) is 0 Å². The third-order valence-corrected chi connectivity index (χ3v) is 32.9. The summed E-state index contributed by atoms with van der Waals surface area (Å²) in [5.41, 5.74) is 2.74. The molecular weight excluding hydrogens is 646 g/mol. The van der Waals surface area contributed by atoms with Crippen molar-refractivity contribution in [1.29, 1.82) is 0 Å². The molecule has 3 aliphatic heterocycles. The van der Waals surface area contributed by atoms with E-state index in [4.69, 9.17) is 4.42 Å². The van der Waals surface area contributed by atoms with Gasteiger partial charge in [-0.25, -0.2) is 0 Å². The summed E-state index contributed by atoms with van der Waals surface area (Å²) in [6.45, 7) is 0. The van der Waals surface area contributed by atoms with Crippen molar-refractivity contribution in [2.45, 2.75) is 0 Å². The Balaban J connectivity index is 1.78. The van der Waals surface area contributed by atoms with Crippen LogP contribution in [0.3, 0.4) is 0 Å². The summed E-state index contributed by atoms with van der Waals surface area (Å²) in [5, 5.41) is 23.9. The monoisotopic (exact) mass is 663 g/mol. The number of hydrogen-bond donors (Lipinski definition) is 1. The second-order valence-corrected chi connectivity index (χ2v) is 30.9. The predicted molar refractivity (Wildman–Crippen MR) is 152 cm³/mol. The molecule has 35 heavy (non-hydrogen) atoms. The molecule has 3 heterocycles. The molecule has 0 aromatic heterocycles. The maximum atomic E-state index is 13.2. The molecule has 2 aromatic carbocycles. The van der Waals surface area contributed by atoms with E-state index in [1.165, 1.54) is 0 Å². The van der Waals surface area contributed by atoms with E-state index in [-0.39, 0.29) is 16.7 Å². The van der Waals surface area contributed by atoms with Crippen molar-refractivity contribution in [3.8, 4) is 28.2 Å². The van der Waals surface area contributed by atoms with Crippen LogP contribution in [0.25, 0.3) is 33.4 Å². The number of carboxylic acids is 1. The summed E-state index contributed by atoms with van der Waals surface area (Å²) in [6, 6.07) is 13.7. The van der Waals surface area contributed by atoms with Gasteiger partial charge in [-0.05, 0) is 0 Å². The fourth-order valence-corrected chi connectivity index (χ4v) is 33.8. The van der Waals surface area contributed by atoms with Gasteiger partial charge in [-0.1, -0.05) is 0 Å². The van der Waals surface area contributed by atoms with Crippen LogP contribution in [-0.4, -0.2) is 58.8 Å². The van der Waals surface area contributed by atoms with E-state index in [1.54, 1.807) is 42.5 Å². The van der Waals surface area contributed by atoms with Gasteiger partial charge < -0.3 is 0 Å². The van der Waals surface area contributed by atoms with Crippen LogP contribution in [0.1, 0.15) is 10.4 Å². The van der Waals surface area contributed by atoms with Gasteiger partial charge in [0.15, 0.2) is 0 Å². The van der Waals surface area contributed by atoms with Crippen LogP contribution in [0.15, 0.2) is 57.7 Å². The fourth-order valence-electron chi connectivity index (χ4n) is 4.29. The van der Waals surface area contributed by atoms with Crippen LogP contribution in [-0.2, 0) is 0 Å². The zero-order chi connectivity index (χ0) is 24.1. The summed E-state index contributed by atoms with van der Waals surface area (Å²) >= 11 is -3.52. The Labute approximate surface area is 223 Å². The molecule has 0 unspecified atom stereocenters. The van der Waals surface area contributed by atoms with Gasteiger partial charge in [0, 0.05) is 0 Å². The number of aromatic carboxylic acids is 1. The minimum absolute atomic E-state index is 0.0257. The molecule has 4 aliphatic rings. The number of fused-ring (bicyclic) bond motifs is 2. The van der Waals surface area contributed by atoms with Crippen LogP contribution >= 0.6 is 40.1 Å². The van der Waals surface area contributed by atoms with Crippen molar-refractivity contribution in [2.24, 2.45) is 0 Å². The van der Waals surface area contributed by atoms with Crippen LogP contribution < -0.4 is 19.2 Å². The van der Waals surface area contributed by atoms with Crippen molar-refractivity contribution in [2.75, 3.05) is 23.0 Å². The van der Waals surface area contributed by atoms with Gasteiger partial charge in [0.1, 0.15) is 0 Å². The second kappa shape index (κ2) is 10.00. The molecule has 2 fully saturated rings. The van der Waals surface area contributed by atoms with Crippen LogP contribution in [0.2, 0.25) is 0 Å². The normalized spacial score (nSPS) is 17.0. The first kappa shape index (κ1) is 24.3. The van der Waals surface area contributed by atoms with Gasteiger partial charge in [0.05, 0.1) is 0 Å². The Kier molecular flexibility index (Phi) is 6.93. The van der Waals surface area contributed by atoms with E-state index in [1.807, 2.05) is 46.2 Å². The van der Waals surface area contributed by atoms with E-state index >= 15 is 0 Å². The molecule has 0 bridgehead atoms. The maximum absolute atomic E-state index is 13.2. The average molecular weight is 664 g/mol. The minimum atomic E-state index is -1.76. The first-order valence-electron chi connectivity index (χ1n) is 10.7. The van der Waals surface area contributed by atoms with Crippen molar-refractivity contribution in [3.63, 3.8) is 0 Å². The van der Waals surface area contributed by atoms with Crippen LogP contribution in [0.5, 0.6) is 5.75 Å². The molecule has 5 nitrogen and oxygen atoms in total. The SMILES string of the molecule is O=C(O)c1ccccc1-c1c2ccc(=O)c([As]3SCCS3)c-2oc2c([As]3SCCS3)c([O-])ccc12. The fraction of sp³-hybridized carbons (Fsp3) is 0.167. The van der Waals surface area contributed by atoms with Gasteiger partial charge >= 0.3 is 225 Å². The molecule has 1 aliphatic carbocycles. The summed E-state index contributed by atoms with van der Waals surface area (Å²) in [5.74, 6) is 3.56. The van der Waals surface area contributed by atoms with Crippen molar-refractivity contribution in [1.82, 2.24) is 0 Å². The second-order valence-electron chi connectivity index (χ2n) is 7.75. The Morgan fingerprint density at radius 2 is 1.51 bits per heavy atom. The van der Waals surface area contributed by atoms with E-state index in [2.05, 4.69) is 0 Å². The number of hydrogen-bond acceptors (Lipinski definition) is 8. The topological polar surface area (TPSA) is 90.6 Å². The molecule has 6 rings (SSSR count). The Morgan fingerprint density at radius 3 is 2.20 bits per heavy atom. The Bertz CT molecular complexity index is 1500. The quantitative estimate of drug-likeness (QED) is 0.260. The predicted octanol–water partition coefficient (Wildman–Crippen LogP) is 3.69. The van der Waals surface area contributed by atoms with Gasteiger partial charge in [-0.3, -0.25) is 0 Å². The molecule has 0 saturated carbocycles. The summed E-state index contributed by atoms with van der Waals surface area (Å²) < 4.78 is 8.12. The third-order valence-electron chi connectivity index (χ3n) is 5.72. The molecule has 2 aromatic rings. The molecule has 0 spiro atoms. The molecule has 178 valence electrons. The number of benzene rings is 3. The Hall–Kier alpha value is -1.08. The third kappa shape index (κ3) is 4.26. The molecule has 2 saturated heterocycles. The van der Waals surface area contributed by atoms with Crippen molar-refractivity contribution in [3.05, 3.63) is 64.3 Å². The molecule has 11 heteroatoms. The van der Waals surface area contributed by atoms with E-state index in [9.17, 15) is 19.8 Å². The standard InChI is InChI=1S/C24H18As2O5S4/c27-17-7-5-15-19(13-3-1-2-4-14(13)24(29)30)16-6-8-18(28)21(26-34-11-12-35-26)23(16)31-22(15)20(17)25-32-9-10-33-25/h1-8,27H,9-12H2,(H,29,30)/p-1. The van der Waals surface area contributed by atoms with Crippen LogP contribution in [0, 0.1) is 0 Å². The van der Waals surface area contributed by atoms with Crippen LogP contribution in [0.4, 0.5) is 0 Å². The molecule has 0 radical (unpaired) electrons. The summed E-state index contributed by atoms with van der Waals surface area (Å²) in [4.78, 5) is 25.4. The Morgan fingerprint density at radius 1 is 0.857 bits per heavy atom. The van der Waals surface area contributed by atoms with E-state index < -0.39 is 30.6 Å². The zero-order valence-corrected chi connectivity index (χ0v) is 25.1. The molecular formula is C24H17As2O5S4-. The first-order valence-corrected chi connectivity index (χ1v) is 25.6. The average Bonchev–Trinajstić information content (AvgIpc) is 3.57. The van der Waals surface area contributed by atoms with Crippen molar-refractivity contribution < 1.29 is 19.4 Å². The summed E-state index contributed by atoms with van der Waals surface area (Å²) in [7, 11) is 7.46. The molecule has 0 amide bonds. The molecule has 0 atom stereocenters. The van der Waals surface area contributed by atoms with Gasteiger partial charge in [-0.2, -0.15) is 0 Å². The first-order chi connectivity index (χ1) is 17.0. The van der Waals surface area contributed by atoms with E-state index in [0.717, 1.165) is 48.2 Å². The van der Waals surface area contributed by atoms with Gasteiger partial charge in [0.2, 0.25) is 0 Å². The zero-order valence-electron chi connectivity index (χ0n) is 18.1. The van der Waals surface area contributed by atoms with E-state index in [0.29, 0.717) is 16.9 Å². The van der Waals surface area contributed by atoms with Gasteiger partial charge in [-0.15, -0.1) is 0 Å². The number of carboxylic acid groups (broad SMARTS) is 1. The number of carbonyl (C=O) groups is 1. The molecule has 1 N–H and O–H groups in total. The number of rotatable bonds is 4.